The number of nitrogens with zero attached hydrogens (tertiary/aromatic N) is 6. The molecule has 0 saturated carbocycles. The molecule has 0 unspecified atom stereocenters. The van der Waals surface area contributed by atoms with Gasteiger partial charge in [-0.05, 0) is 49.6 Å². The third-order valence-corrected chi connectivity index (χ3v) is 8.19. The molecule has 0 spiro atoms. The van der Waals surface area contributed by atoms with Crippen LogP contribution in [0.1, 0.15) is 43.6 Å². The Bertz CT molecular complexity index is 1780. The van der Waals surface area contributed by atoms with Gasteiger partial charge in [0.1, 0.15) is 17.9 Å². The molecule has 0 N–H and O–H groups in total. The van der Waals surface area contributed by atoms with E-state index in [9.17, 15) is 9.59 Å². The molecule has 5 heterocycles. The minimum absolute atomic E-state index is 0.0518. The lowest BCUT2D eigenvalue weighted by atomic mass is 9.97. The Morgan fingerprint density at radius 2 is 2.02 bits per heavy atom. The summed E-state index contributed by atoms with van der Waals surface area (Å²) in [4.78, 5) is 44.2. The molecular formula is C31H31ClN6O3. The molecule has 3 aromatic heterocycles. The van der Waals surface area contributed by atoms with Crippen molar-refractivity contribution in [3.05, 3.63) is 81.8 Å². The van der Waals surface area contributed by atoms with Crippen LogP contribution in [0.25, 0.3) is 27.7 Å². The van der Waals surface area contributed by atoms with Crippen molar-refractivity contribution in [1.82, 2.24) is 24.4 Å². The average Bonchev–Trinajstić information content (AvgIpc) is 2.96. The highest BCUT2D eigenvalue weighted by Gasteiger charge is 2.33. The molecule has 0 bridgehead atoms. The SMILES string of the molecule is C=CC(=O)N1CCN(c2nc(=O)n(-c3c(C)ccnc3C(C)C)c3c4c(c(Cl)cc23)-c2cccnc2CO4)[C@@H](C)C1. The number of amides is 1. The van der Waals surface area contributed by atoms with Gasteiger partial charge in [0.2, 0.25) is 5.91 Å². The van der Waals surface area contributed by atoms with Gasteiger partial charge in [-0.15, -0.1) is 0 Å². The van der Waals surface area contributed by atoms with Crippen molar-refractivity contribution >= 4 is 34.2 Å². The predicted molar refractivity (Wildman–Crippen MR) is 160 cm³/mol. The Morgan fingerprint density at radius 1 is 1.22 bits per heavy atom. The number of rotatable bonds is 4. The predicted octanol–water partition coefficient (Wildman–Crippen LogP) is 5.04. The minimum Gasteiger partial charge on any atom is -0.484 e. The Balaban J connectivity index is 1.68. The van der Waals surface area contributed by atoms with Gasteiger partial charge in [-0.1, -0.05) is 38.1 Å². The largest absolute Gasteiger partial charge is 0.484 e. The van der Waals surface area contributed by atoms with Gasteiger partial charge < -0.3 is 14.5 Å². The lowest BCUT2D eigenvalue weighted by Crippen LogP contribution is -2.54. The van der Waals surface area contributed by atoms with Crippen LogP contribution in [-0.2, 0) is 11.4 Å². The molecule has 2 aliphatic rings. The number of halogens is 1. The minimum atomic E-state index is -0.438. The fourth-order valence-electron chi connectivity index (χ4n) is 5.93. The molecule has 6 rings (SSSR count). The monoisotopic (exact) mass is 570 g/mol. The third-order valence-electron chi connectivity index (χ3n) is 7.89. The van der Waals surface area contributed by atoms with Crippen LogP contribution in [0.3, 0.4) is 0 Å². The van der Waals surface area contributed by atoms with E-state index >= 15 is 0 Å². The molecule has 1 saturated heterocycles. The fraction of sp³-hybridized carbons (Fsp3) is 0.323. The van der Waals surface area contributed by atoms with E-state index in [1.165, 1.54) is 6.08 Å². The van der Waals surface area contributed by atoms with Crippen molar-refractivity contribution < 1.29 is 9.53 Å². The summed E-state index contributed by atoms with van der Waals surface area (Å²) < 4.78 is 8.03. The lowest BCUT2D eigenvalue weighted by Gasteiger charge is -2.40. The first-order valence-corrected chi connectivity index (χ1v) is 14.1. The third kappa shape index (κ3) is 4.35. The Kier molecular flexibility index (Phi) is 6.77. The number of piperazine rings is 1. The first-order valence-electron chi connectivity index (χ1n) is 13.7. The Labute approximate surface area is 243 Å². The second-order valence-electron chi connectivity index (χ2n) is 10.8. The zero-order chi connectivity index (χ0) is 29.0. The van der Waals surface area contributed by atoms with E-state index in [4.69, 9.17) is 16.3 Å². The maximum absolute atomic E-state index is 14.2. The number of pyridine rings is 2. The van der Waals surface area contributed by atoms with Gasteiger partial charge in [0.25, 0.3) is 0 Å². The Hall–Kier alpha value is -4.24. The molecule has 210 valence electrons. The fourth-order valence-corrected chi connectivity index (χ4v) is 6.23. The van der Waals surface area contributed by atoms with E-state index in [2.05, 4.69) is 40.3 Å². The van der Waals surface area contributed by atoms with E-state index in [0.29, 0.717) is 58.4 Å². The van der Waals surface area contributed by atoms with Gasteiger partial charge in [-0.3, -0.25) is 19.3 Å². The molecule has 41 heavy (non-hydrogen) atoms. The van der Waals surface area contributed by atoms with E-state index in [1.54, 1.807) is 21.9 Å². The van der Waals surface area contributed by atoms with Crippen LogP contribution in [0.15, 0.2) is 54.1 Å². The normalized spacial score (nSPS) is 16.4. The number of hydrogen-bond donors (Lipinski definition) is 0. The number of anilines is 1. The highest BCUT2D eigenvalue weighted by atomic mass is 35.5. The second-order valence-corrected chi connectivity index (χ2v) is 11.3. The van der Waals surface area contributed by atoms with E-state index in [1.807, 2.05) is 38.1 Å². The first kappa shape index (κ1) is 27.0. The molecule has 1 fully saturated rings. The van der Waals surface area contributed by atoms with Crippen molar-refractivity contribution in [3.63, 3.8) is 0 Å². The summed E-state index contributed by atoms with van der Waals surface area (Å²) in [6.07, 6.45) is 4.82. The van der Waals surface area contributed by atoms with Crippen molar-refractivity contribution in [2.45, 2.75) is 46.3 Å². The zero-order valence-electron chi connectivity index (χ0n) is 23.5. The number of ether oxygens (including phenoxy) is 1. The van der Waals surface area contributed by atoms with Gasteiger partial charge in [0.15, 0.2) is 5.75 Å². The van der Waals surface area contributed by atoms with Crippen molar-refractivity contribution in [2.24, 2.45) is 0 Å². The van der Waals surface area contributed by atoms with Crippen LogP contribution >= 0.6 is 11.6 Å². The molecule has 10 heteroatoms. The number of fused-ring (bicyclic) bond motifs is 5. The van der Waals surface area contributed by atoms with Gasteiger partial charge in [0.05, 0.1) is 22.1 Å². The Morgan fingerprint density at radius 3 is 2.76 bits per heavy atom. The molecule has 9 nitrogen and oxygen atoms in total. The zero-order valence-corrected chi connectivity index (χ0v) is 24.3. The highest BCUT2D eigenvalue weighted by molar-refractivity contribution is 6.35. The number of benzene rings is 1. The first-order chi connectivity index (χ1) is 19.7. The maximum atomic E-state index is 14.2. The molecule has 1 atom stereocenters. The van der Waals surface area contributed by atoms with Crippen LogP contribution in [0, 0.1) is 6.92 Å². The van der Waals surface area contributed by atoms with Crippen LogP contribution < -0.4 is 15.3 Å². The van der Waals surface area contributed by atoms with Crippen molar-refractivity contribution in [1.29, 1.82) is 0 Å². The topological polar surface area (TPSA) is 93.5 Å². The van der Waals surface area contributed by atoms with E-state index < -0.39 is 5.69 Å². The molecule has 0 radical (unpaired) electrons. The van der Waals surface area contributed by atoms with Crippen LogP contribution in [0.2, 0.25) is 5.02 Å². The van der Waals surface area contributed by atoms with E-state index in [-0.39, 0.29) is 24.5 Å². The van der Waals surface area contributed by atoms with Crippen LogP contribution in [-0.4, -0.2) is 56.0 Å². The van der Waals surface area contributed by atoms with E-state index in [0.717, 1.165) is 22.5 Å². The number of carbonyl (C=O) groups excluding carboxylic acids is 1. The molecule has 4 aromatic rings. The molecule has 1 aromatic carbocycles. The summed E-state index contributed by atoms with van der Waals surface area (Å²) in [5, 5.41) is 1.17. The van der Waals surface area contributed by atoms with Gasteiger partial charge in [-0.2, -0.15) is 4.98 Å². The van der Waals surface area contributed by atoms with Gasteiger partial charge >= 0.3 is 5.69 Å². The van der Waals surface area contributed by atoms with Crippen molar-refractivity contribution in [2.75, 3.05) is 24.5 Å². The summed E-state index contributed by atoms with van der Waals surface area (Å²) in [5.41, 5.74) is 4.87. The number of carbonyl (C=O) groups is 1. The number of hydrogen-bond acceptors (Lipinski definition) is 7. The smallest absolute Gasteiger partial charge is 0.354 e. The quantitative estimate of drug-likeness (QED) is 0.317. The molecule has 2 aliphatic heterocycles. The van der Waals surface area contributed by atoms with Crippen molar-refractivity contribution in [3.8, 4) is 22.6 Å². The average molecular weight is 571 g/mol. The summed E-state index contributed by atoms with van der Waals surface area (Å²) >= 11 is 7.01. The highest BCUT2D eigenvalue weighted by Crippen LogP contribution is 2.48. The van der Waals surface area contributed by atoms with Crippen LogP contribution in [0.4, 0.5) is 5.82 Å². The summed E-state index contributed by atoms with van der Waals surface area (Å²) in [7, 11) is 0. The standard InChI is InChI=1S/C31H31ClN6O3/c1-6-24(39)36-12-13-37(19(5)15-36)30-21-14-22(32)25-20-8-7-10-33-23(20)16-41-29(25)28(21)38(31(40)35-30)27-18(4)9-11-34-26(27)17(2)3/h6-11,14,17,19H,1,12-13,15-16H2,2-5H3/t19-/m0/s1. The number of aryl methyl sites for hydroxylation is 1. The summed E-state index contributed by atoms with van der Waals surface area (Å²) in [6.45, 7) is 13.4. The summed E-state index contributed by atoms with van der Waals surface area (Å²) in [6, 6.07) is 7.50. The number of aromatic nitrogens is 4. The van der Waals surface area contributed by atoms with Gasteiger partial charge in [0, 0.05) is 54.6 Å². The molecule has 0 aliphatic carbocycles. The summed E-state index contributed by atoms with van der Waals surface area (Å²) in [5.74, 6) is 0.962. The van der Waals surface area contributed by atoms with Gasteiger partial charge in [-0.25, -0.2) is 4.79 Å². The second kappa shape index (κ2) is 10.3. The lowest BCUT2D eigenvalue weighted by molar-refractivity contribution is -0.126. The molecular weight excluding hydrogens is 540 g/mol. The maximum Gasteiger partial charge on any atom is 0.354 e. The van der Waals surface area contributed by atoms with Crippen LogP contribution in [0.5, 0.6) is 5.75 Å². The molecule has 1 amide bonds.